The van der Waals surface area contributed by atoms with E-state index in [0.717, 1.165) is 39.8 Å². The number of para-hydroxylation sites is 4. The van der Waals surface area contributed by atoms with E-state index in [-0.39, 0.29) is 0 Å². The fourth-order valence-electron chi connectivity index (χ4n) is 8.77. The van der Waals surface area contributed by atoms with Crippen LogP contribution in [0.25, 0.3) is 59.8 Å². The standard InChI is InChI=1S/C54H37N3/c1-4-16-39(17-5-1)55(44-32-36-54-51(37-44)49-23-12-13-25-53(49)57(54)41-20-8-3-9-21-41)42-28-30-43(31-29-42)56(40-18-6-2-7-19-40)52-26-14-24-46-48-33-27-38-15-10-11-22-45(38)47(48)34-35-50(46)52/h1-37H. The van der Waals surface area contributed by atoms with Crippen LogP contribution in [-0.4, -0.2) is 4.57 Å². The molecule has 1 aromatic heterocycles. The number of nitrogens with zero attached hydrogens (tertiary/aromatic N) is 3. The average Bonchev–Trinajstić information content (AvgIpc) is 3.62. The highest BCUT2D eigenvalue weighted by Gasteiger charge is 2.20. The van der Waals surface area contributed by atoms with Gasteiger partial charge in [-0.25, -0.2) is 0 Å². The van der Waals surface area contributed by atoms with Crippen LogP contribution in [0.15, 0.2) is 224 Å². The van der Waals surface area contributed by atoms with E-state index in [4.69, 9.17) is 0 Å². The molecule has 0 aliphatic heterocycles. The van der Waals surface area contributed by atoms with Crippen molar-refractivity contribution < 1.29 is 0 Å². The van der Waals surface area contributed by atoms with Crippen molar-refractivity contribution in [1.29, 1.82) is 0 Å². The molecule has 11 rings (SSSR count). The molecule has 0 aliphatic rings. The van der Waals surface area contributed by atoms with Crippen LogP contribution >= 0.6 is 0 Å². The minimum absolute atomic E-state index is 1.08. The van der Waals surface area contributed by atoms with E-state index in [1.165, 1.54) is 54.1 Å². The fraction of sp³-hybridized carbons (Fsp3) is 0. The number of benzene rings is 10. The van der Waals surface area contributed by atoms with Crippen LogP contribution in [0.4, 0.5) is 34.1 Å². The highest BCUT2D eigenvalue weighted by atomic mass is 15.2. The summed E-state index contributed by atoms with van der Waals surface area (Å²) in [6.45, 7) is 0. The second-order valence-electron chi connectivity index (χ2n) is 14.6. The molecular weight excluding hydrogens is 691 g/mol. The number of hydrogen-bond acceptors (Lipinski definition) is 2. The predicted molar refractivity (Wildman–Crippen MR) is 243 cm³/mol. The van der Waals surface area contributed by atoms with Crippen molar-refractivity contribution in [2.45, 2.75) is 0 Å². The van der Waals surface area contributed by atoms with Crippen molar-refractivity contribution in [1.82, 2.24) is 4.57 Å². The Labute approximate surface area is 331 Å². The summed E-state index contributed by atoms with van der Waals surface area (Å²) in [7, 11) is 0. The van der Waals surface area contributed by atoms with Gasteiger partial charge in [-0.1, -0.05) is 133 Å². The van der Waals surface area contributed by atoms with Gasteiger partial charge in [-0.05, 0) is 118 Å². The van der Waals surface area contributed by atoms with Crippen LogP contribution in [0.3, 0.4) is 0 Å². The topological polar surface area (TPSA) is 11.4 Å². The SMILES string of the molecule is c1ccc(N(c2ccc(N(c3ccccc3)c3cccc4c3ccc3c5ccccc5ccc43)cc2)c2ccc3c(c2)c2ccccc2n3-c2ccccc2)cc1. The maximum Gasteiger partial charge on any atom is 0.0542 e. The lowest BCUT2D eigenvalue weighted by Gasteiger charge is -2.29. The molecule has 0 amide bonds. The van der Waals surface area contributed by atoms with Gasteiger partial charge in [0.2, 0.25) is 0 Å². The molecule has 268 valence electrons. The van der Waals surface area contributed by atoms with Gasteiger partial charge in [-0.3, -0.25) is 0 Å². The monoisotopic (exact) mass is 727 g/mol. The van der Waals surface area contributed by atoms with E-state index in [9.17, 15) is 0 Å². The molecule has 3 nitrogen and oxygen atoms in total. The van der Waals surface area contributed by atoms with Gasteiger partial charge >= 0.3 is 0 Å². The summed E-state index contributed by atoms with van der Waals surface area (Å²) in [5.74, 6) is 0. The lowest BCUT2D eigenvalue weighted by atomic mass is 9.96. The minimum Gasteiger partial charge on any atom is -0.310 e. The molecule has 0 spiro atoms. The Morgan fingerprint density at radius 1 is 0.263 bits per heavy atom. The maximum atomic E-state index is 2.39. The van der Waals surface area contributed by atoms with Crippen LogP contribution in [-0.2, 0) is 0 Å². The van der Waals surface area contributed by atoms with Crippen LogP contribution in [0.5, 0.6) is 0 Å². The van der Waals surface area contributed by atoms with E-state index >= 15 is 0 Å². The molecule has 0 fully saturated rings. The molecule has 1 heterocycles. The maximum absolute atomic E-state index is 2.39. The number of aromatic nitrogens is 1. The lowest BCUT2D eigenvalue weighted by molar-refractivity contribution is 1.18. The Morgan fingerprint density at radius 3 is 1.51 bits per heavy atom. The van der Waals surface area contributed by atoms with Crippen LogP contribution in [0, 0.1) is 0 Å². The van der Waals surface area contributed by atoms with E-state index in [1.54, 1.807) is 0 Å². The Kier molecular flexibility index (Phi) is 7.82. The highest BCUT2D eigenvalue weighted by Crippen LogP contribution is 2.44. The first-order valence-corrected chi connectivity index (χ1v) is 19.5. The molecule has 3 heteroatoms. The summed E-state index contributed by atoms with van der Waals surface area (Å²) < 4.78 is 2.37. The smallest absolute Gasteiger partial charge is 0.0542 e. The van der Waals surface area contributed by atoms with Crippen molar-refractivity contribution in [2.24, 2.45) is 0 Å². The van der Waals surface area contributed by atoms with E-state index in [1.807, 2.05) is 0 Å². The molecule has 0 saturated heterocycles. The first-order valence-electron chi connectivity index (χ1n) is 19.5. The third-order valence-electron chi connectivity index (χ3n) is 11.3. The fourth-order valence-corrected chi connectivity index (χ4v) is 8.77. The van der Waals surface area contributed by atoms with Gasteiger partial charge in [0.15, 0.2) is 0 Å². The van der Waals surface area contributed by atoms with Crippen molar-refractivity contribution in [3.8, 4) is 5.69 Å². The largest absolute Gasteiger partial charge is 0.310 e. The second-order valence-corrected chi connectivity index (χ2v) is 14.6. The molecule has 0 saturated carbocycles. The van der Waals surface area contributed by atoms with Gasteiger partial charge < -0.3 is 14.4 Å². The predicted octanol–water partition coefficient (Wildman–Crippen LogP) is 15.2. The van der Waals surface area contributed by atoms with Gasteiger partial charge in [0.05, 0.1) is 16.7 Å². The van der Waals surface area contributed by atoms with Gasteiger partial charge in [-0.15, -0.1) is 0 Å². The number of hydrogen-bond donors (Lipinski definition) is 0. The van der Waals surface area contributed by atoms with Crippen molar-refractivity contribution in [2.75, 3.05) is 9.80 Å². The van der Waals surface area contributed by atoms with Crippen molar-refractivity contribution >= 4 is 88.2 Å². The number of rotatable bonds is 7. The summed E-state index contributed by atoms with van der Waals surface area (Å²) in [6.07, 6.45) is 0. The lowest BCUT2D eigenvalue weighted by Crippen LogP contribution is -2.12. The van der Waals surface area contributed by atoms with E-state index in [2.05, 4.69) is 239 Å². The van der Waals surface area contributed by atoms with E-state index < -0.39 is 0 Å². The highest BCUT2D eigenvalue weighted by molar-refractivity contribution is 6.19. The first kappa shape index (κ1) is 32.8. The molecule has 10 aromatic carbocycles. The van der Waals surface area contributed by atoms with Crippen LogP contribution in [0.2, 0.25) is 0 Å². The zero-order valence-electron chi connectivity index (χ0n) is 31.2. The third-order valence-corrected chi connectivity index (χ3v) is 11.3. The molecular formula is C54H37N3. The summed E-state index contributed by atoms with van der Waals surface area (Å²) >= 11 is 0. The average molecular weight is 728 g/mol. The Bertz CT molecular complexity index is 3220. The second kappa shape index (κ2) is 13.6. The molecule has 0 bridgehead atoms. The van der Waals surface area contributed by atoms with Gasteiger partial charge in [0, 0.05) is 50.3 Å². The van der Waals surface area contributed by atoms with Gasteiger partial charge in [0.25, 0.3) is 0 Å². The normalized spacial score (nSPS) is 11.5. The van der Waals surface area contributed by atoms with Gasteiger partial charge in [0.1, 0.15) is 0 Å². The molecule has 11 aromatic rings. The van der Waals surface area contributed by atoms with Gasteiger partial charge in [-0.2, -0.15) is 0 Å². The summed E-state index contributed by atoms with van der Waals surface area (Å²) in [4.78, 5) is 4.75. The molecule has 0 atom stereocenters. The third kappa shape index (κ3) is 5.51. The molecule has 0 unspecified atom stereocenters. The molecule has 57 heavy (non-hydrogen) atoms. The van der Waals surface area contributed by atoms with Crippen LogP contribution in [0.1, 0.15) is 0 Å². The van der Waals surface area contributed by atoms with Crippen LogP contribution < -0.4 is 9.80 Å². The Hall–Kier alpha value is -7.62. The summed E-state index contributed by atoms with van der Waals surface area (Å²) in [6, 6.07) is 81.1. The minimum atomic E-state index is 1.08. The zero-order chi connectivity index (χ0) is 37.7. The molecule has 0 N–H and O–H groups in total. The number of anilines is 6. The Balaban J connectivity index is 1.05. The summed E-state index contributed by atoms with van der Waals surface area (Å²) in [5, 5.41) is 9.98. The molecule has 0 radical (unpaired) electrons. The van der Waals surface area contributed by atoms with Crippen molar-refractivity contribution in [3.05, 3.63) is 224 Å². The number of fused-ring (bicyclic) bond motifs is 8. The summed E-state index contributed by atoms with van der Waals surface area (Å²) in [5.41, 5.74) is 10.2. The zero-order valence-corrected chi connectivity index (χ0v) is 31.2. The molecule has 0 aliphatic carbocycles. The first-order chi connectivity index (χ1) is 28.3. The Morgan fingerprint density at radius 2 is 0.754 bits per heavy atom. The van der Waals surface area contributed by atoms with E-state index in [0.29, 0.717) is 0 Å². The van der Waals surface area contributed by atoms with Crippen molar-refractivity contribution in [3.63, 3.8) is 0 Å². The quantitative estimate of drug-likeness (QED) is 0.151.